The zero-order valence-corrected chi connectivity index (χ0v) is 5.70. The molecule has 1 nitrogen and oxygen atoms in total. The fraction of sp³-hybridized carbons (Fsp3) is 0.444. The molecule has 2 aliphatic carbocycles. The van der Waals surface area contributed by atoms with E-state index in [1.54, 1.807) is 0 Å². The van der Waals surface area contributed by atoms with E-state index in [0.717, 1.165) is 17.8 Å². The van der Waals surface area contributed by atoms with Gasteiger partial charge >= 0.3 is 0 Å². The van der Waals surface area contributed by atoms with Crippen LogP contribution in [0, 0.1) is 11.8 Å². The van der Waals surface area contributed by atoms with Crippen LogP contribution in [-0.4, -0.2) is 4.98 Å². The molecule has 0 spiro atoms. The summed E-state index contributed by atoms with van der Waals surface area (Å²) in [6.07, 6.45) is 5.28. The SMILES string of the molecule is c1cc(C2C3CC32)ccn1. The first-order valence-corrected chi connectivity index (χ1v) is 3.87. The lowest BCUT2D eigenvalue weighted by molar-refractivity contribution is 0.777. The minimum Gasteiger partial charge on any atom is -0.265 e. The van der Waals surface area contributed by atoms with Gasteiger partial charge in [-0.15, -0.1) is 0 Å². The molecule has 0 aromatic carbocycles. The quantitative estimate of drug-likeness (QED) is 0.566. The molecule has 0 N–H and O–H groups in total. The van der Waals surface area contributed by atoms with E-state index in [9.17, 15) is 0 Å². The monoisotopic (exact) mass is 131 g/mol. The van der Waals surface area contributed by atoms with Crippen LogP contribution in [-0.2, 0) is 0 Å². The molecule has 1 heteroatoms. The lowest BCUT2D eigenvalue weighted by Gasteiger charge is -2.00. The Bertz CT molecular complexity index is 247. The van der Waals surface area contributed by atoms with Crippen LogP contribution in [0.4, 0.5) is 0 Å². The second kappa shape index (κ2) is 1.42. The summed E-state index contributed by atoms with van der Waals surface area (Å²) in [5.41, 5.74) is 1.51. The molecular formula is C9H9N. The van der Waals surface area contributed by atoms with E-state index >= 15 is 0 Å². The molecule has 1 aromatic heterocycles. The van der Waals surface area contributed by atoms with Gasteiger partial charge in [-0.05, 0) is 41.9 Å². The van der Waals surface area contributed by atoms with Gasteiger partial charge in [-0.1, -0.05) is 0 Å². The zero-order chi connectivity index (χ0) is 6.55. The molecular weight excluding hydrogens is 122 g/mol. The zero-order valence-electron chi connectivity index (χ0n) is 5.70. The standard InChI is InChI=1S/C9H9N/c1-3-10-4-2-6(1)9-7-5-8(7)9/h1-4,7-9H,5H2. The van der Waals surface area contributed by atoms with E-state index < -0.39 is 0 Å². The summed E-state index contributed by atoms with van der Waals surface area (Å²) in [5.74, 6) is 3.08. The highest BCUT2D eigenvalue weighted by Gasteiger charge is 2.64. The maximum absolute atomic E-state index is 4.00. The average molecular weight is 131 g/mol. The number of pyridine rings is 1. The van der Waals surface area contributed by atoms with Crippen LogP contribution in [0.15, 0.2) is 24.5 Å². The molecule has 2 saturated carbocycles. The molecule has 0 saturated heterocycles. The largest absolute Gasteiger partial charge is 0.265 e. The second-order valence-corrected chi connectivity index (χ2v) is 3.37. The number of nitrogens with zero attached hydrogens (tertiary/aromatic N) is 1. The Kier molecular flexibility index (Phi) is 0.693. The summed E-state index contributed by atoms with van der Waals surface area (Å²) in [6, 6.07) is 4.30. The van der Waals surface area contributed by atoms with Crippen molar-refractivity contribution in [3.05, 3.63) is 30.1 Å². The summed E-state index contributed by atoms with van der Waals surface area (Å²) in [4.78, 5) is 4.00. The number of hydrogen-bond acceptors (Lipinski definition) is 1. The Labute approximate surface area is 60.1 Å². The molecule has 0 bridgehead atoms. The smallest absolute Gasteiger partial charge is 0.0270 e. The molecule has 1 heterocycles. The van der Waals surface area contributed by atoms with Crippen molar-refractivity contribution in [2.75, 3.05) is 0 Å². The summed E-state index contributed by atoms with van der Waals surface area (Å²) >= 11 is 0. The number of hydrogen-bond donors (Lipinski definition) is 0. The summed E-state index contributed by atoms with van der Waals surface area (Å²) in [7, 11) is 0. The van der Waals surface area contributed by atoms with Gasteiger partial charge in [0.1, 0.15) is 0 Å². The third-order valence-corrected chi connectivity index (χ3v) is 2.76. The first-order chi connectivity index (χ1) is 4.97. The Balaban J connectivity index is 1.94. The third kappa shape index (κ3) is 0.505. The van der Waals surface area contributed by atoms with E-state index in [1.165, 1.54) is 12.0 Å². The second-order valence-electron chi connectivity index (χ2n) is 3.37. The van der Waals surface area contributed by atoms with Gasteiger partial charge in [0.05, 0.1) is 0 Å². The fourth-order valence-electron chi connectivity index (χ4n) is 1.86. The van der Waals surface area contributed by atoms with Crippen molar-refractivity contribution in [3.8, 4) is 0 Å². The lowest BCUT2D eigenvalue weighted by Crippen LogP contribution is -1.87. The van der Waals surface area contributed by atoms with Crippen LogP contribution in [0.3, 0.4) is 0 Å². The van der Waals surface area contributed by atoms with Crippen molar-refractivity contribution in [3.63, 3.8) is 0 Å². The number of rotatable bonds is 1. The van der Waals surface area contributed by atoms with E-state index in [0.29, 0.717) is 0 Å². The third-order valence-electron chi connectivity index (χ3n) is 2.76. The van der Waals surface area contributed by atoms with Gasteiger partial charge < -0.3 is 0 Å². The molecule has 0 amide bonds. The summed E-state index contributed by atoms with van der Waals surface area (Å²) in [6.45, 7) is 0. The Morgan fingerprint density at radius 1 is 1.20 bits per heavy atom. The van der Waals surface area contributed by atoms with Crippen molar-refractivity contribution in [2.24, 2.45) is 11.8 Å². The van der Waals surface area contributed by atoms with Gasteiger partial charge in [0, 0.05) is 12.4 Å². The van der Waals surface area contributed by atoms with E-state index in [4.69, 9.17) is 0 Å². The molecule has 0 radical (unpaired) electrons. The van der Waals surface area contributed by atoms with Gasteiger partial charge in [-0.2, -0.15) is 0 Å². The van der Waals surface area contributed by atoms with Crippen molar-refractivity contribution in [1.29, 1.82) is 0 Å². The van der Waals surface area contributed by atoms with Crippen LogP contribution < -0.4 is 0 Å². The molecule has 50 valence electrons. The van der Waals surface area contributed by atoms with Crippen LogP contribution in [0.1, 0.15) is 17.9 Å². The van der Waals surface area contributed by atoms with E-state index in [-0.39, 0.29) is 0 Å². The lowest BCUT2D eigenvalue weighted by atomic mass is 10.1. The van der Waals surface area contributed by atoms with Crippen molar-refractivity contribution in [1.82, 2.24) is 4.98 Å². The first-order valence-electron chi connectivity index (χ1n) is 3.87. The molecule has 10 heavy (non-hydrogen) atoms. The highest BCUT2D eigenvalue weighted by Crippen LogP contribution is 2.73. The molecule has 1 aromatic rings. The predicted molar refractivity (Wildman–Crippen MR) is 38.6 cm³/mol. The average Bonchev–Trinajstić information content (AvgIpc) is 2.75. The van der Waals surface area contributed by atoms with Crippen LogP contribution in [0.5, 0.6) is 0 Å². The van der Waals surface area contributed by atoms with Gasteiger partial charge in [-0.25, -0.2) is 0 Å². The number of fused-ring (bicyclic) bond motifs is 1. The summed E-state index contributed by atoms with van der Waals surface area (Å²) < 4.78 is 0. The molecule has 2 atom stereocenters. The fourth-order valence-corrected chi connectivity index (χ4v) is 1.86. The van der Waals surface area contributed by atoms with Crippen LogP contribution in [0.25, 0.3) is 0 Å². The minimum absolute atomic E-state index is 0.933. The molecule has 2 unspecified atom stereocenters. The summed E-state index contributed by atoms with van der Waals surface area (Å²) in [5, 5.41) is 0. The highest BCUT2D eigenvalue weighted by atomic mass is 14.7. The van der Waals surface area contributed by atoms with Gasteiger partial charge in [0.2, 0.25) is 0 Å². The maximum atomic E-state index is 4.00. The Morgan fingerprint density at radius 2 is 1.90 bits per heavy atom. The van der Waals surface area contributed by atoms with Gasteiger partial charge in [0.25, 0.3) is 0 Å². The Morgan fingerprint density at radius 3 is 2.40 bits per heavy atom. The number of aromatic nitrogens is 1. The topological polar surface area (TPSA) is 12.9 Å². The van der Waals surface area contributed by atoms with Gasteiger partial charge in [-0.3, -0.25) is 4.98 Å². The van der Waals surface area contributed by atoms with Crippen molar-refractivity contribution >= 4 is 0 Å². The predicted octanol–water partition coefficient (Wildman–Crippen LogP) is 1.81. The van der Waals surface area contributed by atoms with E-state index in [2.05, 4.69) is 17.1 Å². The van der Waals surface area contributed by atoms with Gasteiger partial charge in [0.15, 0.2) is 0 Å². The normalized spacial score (nSPS) is 40.6. The highest BCUT2D eigenvalue weighted by molar-refractivity contribution is 5.33. The van der Waals surface area contributed by atoms with E-state index in [1.807, 2.05) is 12.4 Å². The molecule has 2 aliphatic rings. The molecule has 2 fully saturated rings. The minimum atomic E-state index is 0.933. The maximum Gasteiger partial charge on any atom is 0.0270 e. The molecule has 0 aliphatic heterocycles. The molecule has 3 rings (SSSR count). The van der Waals surface area contributed by atoms with Crippen LogP contribution >= 0.6 is 0 Å². The Hall–Kier alpha value is -0.850. The first kappa shape index (κ1) is 4.89. The van der Waals surface area contributed by atoms with Crippen molar-refractivity contribution in [2.45, 2.75) is 12.3 Å². The van der Waals surface area contributed by atoms with Crippen LogP contribution in [0.2, 0.25) is 0 Å². The van der Waals surface area contributed by atoms with Crippen molar-refractivity contribution < 1.29 is 0 Å².